The van der Waals surface area contributed by atoms with Gasteiger partial charge in [0.1, 0.15) is 5.82 Å². The summed E-state index contributed by atoms with van der Waals surface area (Å²) in [5, 5.41) is 8.03. The first-order valence-corrected chi connectivity index (χ1v) is 12.9. The molecule has 0 aliphatic rings. The van der Waals surface area contributed by atoms with Crippen LogP contribution in [0.5, 0.6) is 0 Å². The number of nitrogens with one attached hydrogen (secondary N) is 3. The molecule has 0 saturated heterocycles. The zero-order valence-corrected chi connectivity index (χ0v) is 20.7. The molecule has 0 bridgehead atoms. The first-order chi connectivity index (χ1) is 17.4. The number of fused-ring (bicyclic) bond motifs is 1. The lowest BCUT2D eigenvalue weighted by Crippen LogP contribution is -2.13. The topological polar surface area (TPSA) is 96.0 Å². The van der Waals surface area contributed by atoms with Gasteiger partial charge in [-0.2, -0.15) is 4.98 Å². The van der Waals surface area contributed by atoms with Crippen molar-refractivity contribution in [3.63, 3.8) is 0 Å². The van der Waals surface area contributed by atoms with E-state index in [1.54, 1.807) is 42.5 Å². The van der Waals surface area contributed by atoms with Gasteiger partial charge in [-0.05, 0) is 61.7 Å². The molecule has 5 aromatic rings. The predicted octanol–water partition coefficient (Wildman–Crippen LogP) is 6.53. The lowest BCUT2D eigenvalue weighted by atomic mass is 10.1. The van der Waals surface area contributed by atoms with Crippen LogP contribution in [0.2, 0.25) is 0 Å². The van der Waals surface area contributed by atoms with Gasteiger partial charge in [-0.25, -0.2) is 13.4 Å². The van der Waals surface area contributed by atoms with Gasteiger partial charge in [0.25, 0.3) is 10.0 Å². The van der Waals surface area contributed by atoms with Gasteiger partial charge in [0.2, 0.25) is 5.95 Å². The number of hydrogen-bond acceptors (Lipinski definition) is 6. The third-order valence-corrected chi connectivity index (χ3v) is 7.05. The zero-order valence-electron chi connectivity index (χ0n) is 19.9. The predicted molar refractivity (Wildman–Crippen MR) is 146 cm³/mol. The van der Waals surface area contributed by atoms with Crippen LogP contribution in [-0.4, -0.2) is 18.4 Å². The van der Waals surface area contributed by atoms with Gasteiger partial charge in [0.05, 0.1) is 4.90 Å². The SMILES string of the molecule is Cc1ccc(Nc2cc(C)nc(Nc3ccc(NS(=O)(=O)c4cccc5ccccc45)cc3)n2)cc1. The quantitative estimate of drug-likeness (QED) is 0.237. The van der Waals surface area contributed by atoms with Crippen molar-refractivity contribution in [3.05, 3.63) is 108 Å². The number of aromatic nitrogens is 2. The lowest BCUT2D eigenvalue weighted by molar-refractivity contribution is 0.602. The molecule has 0 saturated carbocycles. The van der Waals surface area contributed by atoms with E-state index in [2.05, 4.69) is 25.3 Å². The second-order valence-electron chi connectivity index (χ2n) is 8.49. The molecule has 0 amide bonds. The number of benzene rings is 4. The Bertz CT molecular complexity index is 1630. The number of nitrogens with zero attached hydrogens (tertiary/aromatic N) is 2. The van der Waals surface area contributed by atoms with E-state index in [9.17, 15) is 8.42 Å². The summed E-state index contributed by atoms with van der Waals surface area (Å²) in [7, 11) is -3.76. The normalized spacial score (nSPS) is 11.3. The number of hydrogen-bond donors (Lipinski definition) is 3. The average molecular weight is 496 g/mol. The van der Waals surface area contributed by atoms with E-state index in [1.807, 2.05) is 68.4 Å². The minimum Gasteiger partial charge on any atom is -0.340 e. The minimum atomic E-state index is -3.76. The van der Waals surface area contributed by atoms with E-state index in [0.29, 0.717) is 22.8 Å². The molecular weight excluding hydrogens is 470 g/mol. The first kappa shape index (κ1) is 23.3. The van der Waals surface area contributed by atoms with Crippen molar-refractivity contribution in [3.8, 4) is 0 Å². The Morgan fingerprint density at radius 2 is 1.31 bits per heavy atom. The van der Waals surface area contributed by atoms with E-state index in [4.69, 9.17) is 0 Å². The summed E-state index contributed by atoms with van der Waals surface area (Å²) in [6.07, 6.45) is 0. The molecule has 4 aromatic carbocycles. The molecule has 0 radical (unpaired) electrons. The van der Waals surface area contributed by atoms with Crippen molar-refractivity contribution in [2.45, 2.75) is 18.7 Å². The number of aryl methyl sites for hydroxylation is 2. The van der Waals surface area contributed by atoms with Crippen LogP contribution in [0.25, 0.3) is 10.8 Å². The Kier molecular flexibility index (Phi) is 6.26. The molecule has 0 fully saturated rings. The molecule has 0 aliphatic heterocycles. The highest BCUT2D eigenvalue weighted by atomic mass is 32.2. The van der Waals surface area contributed by atoms with Gasteiger partial charge in [0.15, 0.2) is 0 Å². The van der Waals surface area contributed by atoms with Gasteiger partial charge >= 0.3 is 0 Å². The summed E-state index contributed by atoms with van der Waals surface area (Å²) < 4.78 is 28.8. The Morgan fingerprint density at radius 1 is 0.667 bits per heavy atom. The van der Waals surface area contributed by atoms with Crippen LogP contribution in [0, 0.1) is 13.8 Å². The molecule has 1 aromatic heterocycles. The number of anilines is 5. The first-order valence-electron chi connectivity index (χ1n) is 11.4. The maximum atomic E-state index is 13.1. The zero-order chi connectivity index (χ0) is 25.1. The van der Waals surface area contributed by atoms with E-state index in [0.717, 1.165) is 22.5 Å². The van der Waals surface area contributed by atoms with Crippen molar-refractivity contribution in [2.75, 3.05) is 15.4 Å². The van der Waals surface area contributed by atoms with Crippen LogP contribution in [-0.2, 0) is 10.0 Å². The molecular formula is C28H25N5O2S. The third-order valence-electron chi connectivity index (χ3n) is 5.61. The van der Waals surface area contributed by atoms with Gasteiger partial charge in [-0.15, -0.1) is 0 Å². The monoisotopic (exact) mass is 495 g/mol. The van der Waals surface area contributed by atoms with Crippen LogP contribution in [0.1, 0.15) is 11.3 Å². The standard InChI is InChI=1S/C28H25N5O2S/c1-19-10-12-22(13-11-19)30-27-18-20(2)29-28(32-27)31-23-14-16-24(17-15-23)33-36(34,35)26-9-5-7-21-6-3-4-8-25(21)26/h3-18,33H,1-2H3,(H2,29,30,31,32). The Hall–Kier alpha value is -4.43. The van der Waals surface area contributed by atoms with Crippen molar-refractivity contribution >= 4 is 49.6 Å². The van der Waals surface area contributed by atoms with Crippen LogP contribution in [0.4, 0.5) is 28.8 Å². The average Bonchev–Trinajstić information content (AvgIpc) is 2.86. The largest absolute Gasteiger partial charge is 0.340 e. The summed E-state index contributed by atoms with van der Waals surface area (Å²) in [4.78, 5) is 9.25. The fraction of sp³-hybridized carbons (Fsp3) is 0.0714. The fourth-order valence-corrected chi connectivity index (χ4v) is 5.15. The van der Waals surface area contributed by atoms with Crippen LogP contribution in [0.15, 0.2) is 102 Å². The molecule has 0 spiro atoms. The summed E-state index contributed by atoms with van der Waals surface area (Å²) in [6, 6.07) is 29.6. The van der Waals surface area contributed by atoms with E-state index in [1.165, 1.54) is 5.56 Å². The van der Waals surface area contributed by atoms with E-state index < -0.39 is 10.0 Å². The second-order valence-corrected chi connectivity index (χ2v) is 10.1. The fourth-order valence-electron chi connectivity index (χ4n) is 3.86. The molecule has 5 rings (SSSR count). The summed E-state index contributed by atoms with van der Waals surface area (Å²) in [5.74, 6) is 1.11. The molecule has 3 N–H and O–H groups in total. The van der Waals surface area contributed by atoms with Crippen LogP contribution < -0.4 is 15.4 Å². The van der Waals surface area contributed by atoms with Crippen molar-refractivity contribution in [1.29, 1.82) is 0 Å². The molecule has 8 heteroatoms. The summed E-state index contributed by atoms with van der Waals surface area (Å²) in [5.41, 5.74) is 4.12. The van der Waals surface area contributed by atoms with Crippen molar-refractivity contribution in [1.82, 2.24) is 9.97 Å². The molecule has 36 heavy (non-hydrogen) atoms. The van der Waals surface area contributed by atoms with E-state index in [-0.39, 0.29) is 4.90 Å². The molecule has 0 aliphatic carbocycles. The van der Waals surface area contributed by atoms with E-state index >= 15 is 0 Å². The van der Waals surface area contributed by atoms with Crippen LogP contribution in [0.3, 0.4) is 0 Å². The van der Waals surface area contributed by atoms with Gasteiger partial charge < -0.3 is 10.6 Å². The lowest BCUT2D eigenvalue weighted by Gasteiger charge is -2.12. The molecule has 0 unspecified atom stereocenters. The smallest absolute Gasteiger partial charge is 0.262 e. The number of sulfonamides is 1. The van der Waals surface area contributed by atoms with Gasteiger partial charge in [-0.3, -0.25) is 4.72 Å². The molecule has 0 atom stereocenters. The van der Waals surface area contributed by atoms with Crippen LogP contribution >= 0.6 is 0 Å². The molecule has 180 valence electrons. The second kappa shape index (κ2) is 9.67. The van der Waals surface area contributed by atoms with Crippen molar-refractivity contribution in [2.24, 2.45) is 0 Å². The highest BCUT2D eigenvalue weighted by Crippen LogP contribution is 2.26. The number of rotatable bonds is 7. The molecule has 7 nitrogen and oxygen atoms in total. The Morgan fingerprint density at radius 3 is 2.08 bits per heavy atom. The van der Waals surface area contributed by atoms with Gasteiger partial charge in [-0.1, -0.05) is 54.1 Å². The highest BCUT2D eigenvalue weighted by molar-refractivity contribution is 7.93. The van der Waals surface area contributed by atoms with Gasteiger partial charge in [0, 0.05) is 34.2 Å². The molecule has 1 heterocycles. The maximum Gasteiger partial charge on any atom is 0.262 e. The minimum absolute atomic E-state index is 0.240. The van der Waals surface area contributed by atoms with Crippen molar-refractivity contribution < 1.29 is 8.42 Å². The summed E-state index contributed by atoms with van der Waals surface area (Å²) in [6.45, 7) is 3.94. The third kappa shape index (κ3) is 5.29. The Balaban J connectivity index is 1.31. The summed E-state index contributed by atoms with van der Waals surface area (Å²) >= 11 is 0. The maximum absolute atomic E-state index is 13.1. The Labute approximate surface area is 210 Å². The highest BCUT2D eigenvalue weighted by Gasteiger charge is 2.17.